The molecule has 0 saturated carbocycles. The van der Waals surface area contributed by atoms with Gasteiger partial charge in [-0.2, -0.15) is 0 Å². The van der Waals surface area contributed by atoms with E-state index >= 15 is 0 Å². The average Bonchev–Trinajstić information content (AvgIpc) is 2.93. The number of hydrogen-bond donors (Lipinski definition) is 1. The van der Waals surface area contributed by atoms with E-state index in [2.05, 4.69) is 15.3 Å². The lowest BCUT2D eigenvalue weighted by Gasteiger charge is -2.05. The van der Waals surface area contributed by atoms with Gasteiger partial charge in [0, 0.05) is 12.5 Å². The van der Waals surface area contributed by atoms with Crippen LogP contribution in [0.5, 0.6) is 0 Å². The van der Waals surface area contributed by atoms with Gasteiger partial charge in [-0.3, -0.25) is 10.1 Å². The number of anilines is 1. The number of pyridine rings is 1. The Morgan fingerprint density at radius 3 is 2.60 bits per heavy atom. The molecule has 1 N–H and O–H groups in total. The van der Waals surface area contributed by atoms with Crippen LogP contribution in [0, 0.1) is 0 Å². The van der Waals surface area contributed by atoms with Gasteiger partial charge in [0.1, 0.15) is 5.69 Å². The number of benzene rings is 1. The Morgan fingerprint density at radius 2 is 1.92 bits per heavy atom. The van der Waals surface area contributed by atoms with Gasteiger partial charge in [-0.15, -0.1) is 0 Å². The summed E-state index contributed by atoms with van der Waals surface area (Å²) in [4.78, 5) is 20.6. The molecular formula is C14H8Cl3N3O3S2. The van der Waals surface area contributed by atoms with E-state index in [-0.39, 0.29) is 30.8 Å². The Kier molecular flexibility index (Phi) is 4.91. The smallest absolute Gasteiger partial charge is 0.277 e. The van der Waals surface area contributed by atoms with Crippen molar-refractivity contribution in [2.24, 2.45) is 0 Å². The normalized spacial score (nSPS) is 11.7. The summed E-state index contributed by atoms with van der Waals surface area (Å²) in [6.45, 7) is 0. The van der Waals surface area contributed by atoms with Crippen LogP contribution < -0.4 is 5.32 Å². The number of nitrogens with one attached hydrogen (secondary N) is 1. The number of carbonyl (C=O) groups excluding carboxylic acids is 1. The van der Waals surface area contributed by atoms with Crippen LogP contribution in [0.2, 0.25) is 15.1 Å². The maximum absolute atomic E-state index is 12.3. The van der Waals surface area contributed by atoms with E-state index in [1.807, 2.05) is 0 Å². The highest BCUT2D eigenvalue weighted by Crippen LogP contribution is 2.32. The summed E-state index contributed by atoms with van der Waals surface area (Å²) < 4.78 is 23.8. The van der Waals surface area contributed by atoms with Crippen molar-refractivity contribution in [2.75, 3.05) is 11.6 Å². The van der Waals surface area contributed by atoms with Crippen molar-refractivity contribution < 1.29 is 13.2 Å². The fourth-order valence-corrected chi connectivity index (χ4v) is 4.14. The molecular weight excluding hydrogens is 429 g/mol. The van der Waals surface area contributed by atoms with Gasteiger partial charge in [0.2, 0.25) is 0 Å². The van der Waals surface area contributed by atoms with Gasteiger partial charge in [0.25, 0.3) is 5.91 Å². The van der Waals surface area contributed by atoms with Gasteiger partial charge in [-0.05, 0) is 18.2 Å². The zero-order chi connectivity index (χ0) is 18.4. The third-order valence-corrected chi connectivity index (χ3v) is 6.43. The van der Waals surface area contributed by atoms with Crippen molar-refractivity contribution in [3.05, 3.63) is 45.2 Å². The van der Waals surface area contributed by atoms with Crippen molar-refractivity contribution in [2.45, 2.75) is 4.90 Å². The van der Waals surface area contributed by atoms with E-state index in [4.69, 9.17) is 34.8 Å². The minimum absolute atomic E-state index is 0.0329. The number of thiazole rings is 1. The molecule has 0 atom stereocenters. The fraction of sp³-hybridized carbons (Fsp3) is 0.0714. The molecule has 0 aliphatic rings. The summed E-state index contributed by atoms with van der Waals surface area (Å²) in [5.41, 5.74) is 0.466. The minimum atomic E-state index is -3.33. The first kappa shape index (κ1) is 18.3. The predicted octanol–water partition coefficient (Wildman–Crippen LogP) is 4.31. The second-order valence-electron chi connectivity index (χ2n) is 4.96. The van der Waals surface area contributed by atoms with Crippen LogP contribution in [-0.2, 0) is 9.84 Å². The van der Waals surface area contributed by atoms with Crippen molar-refractivity contribution in [3.8, 4) is 0 Å². The van der Waals surface area contributed by atoms with Gasteiger partial charge in [0.15, 0.2) is 15.0 Å². The zero-order valence-electron chi connectivity index (χ0n) is 12.4. The molecule has 3 aromatic rings. The van der Waals surface area contributed by atoms with Crippen LogP contribution in [0.25, 0.3) is 10.2 Å². The van der Waals surface area contributed by atoms with Crippen LogP contribution in [0.3, 0.4) is 0 Å². The standard InChI is InChI=1S/C14H8Cl3N3O3S2/c1-25(22,23)6-2-3-8-9(4-6)24-14(19-8)20-13(21)12-11(17)10(16)7(15)5-18-12/h2-5H,1H3,(H,19,20,21). The molecule has 2 aromatic heterocycles. The number of nitrogens with zero attached hydrogens (tertiary/aromatic N) is 2. The summed E-state index contributed by atoms with van der Waals surface area (Å²) in [7, 11) is -3.33. The maximum Gasteiger partial charge on any atom is 0.277 e. The molecule has 130 valence electrons. The highest BCUT2D eigenvalue weighted by atomic mass is 35.5. The van der Waals surface area contributed by atoms with Crippen molar-refractivity contribution in [1.82, 2.24) is 9.97 Å². The topological polar surface area (TPSA) is 89.0 Å². The Hall–Kier alpha value is -1.45. The number of aromatic nitrogens is 2. The third kappa shape index (κ3) is 3.73. The van der Waals surface area contributed by atoms with Crippen LogP contribution in [0.1, 0.15) is 10.5 Å². The Labute approximate surface area is 161 Å². The predicted molar refractivity (Wildman–Crippen MR) is 100.0 cm³/mol. The van der Waals surface area contributed by atoms with Gasteiger partial charge >= 0.3 is 0 Å². The summed E-state index contributed by atoms with van der Waals surface area (Å²) in [6.07, 6.45) is 2.34. The molecule has 11 heteroatoms. The number of fused-ring (bicyclic) bond motifs is 1. The van der Waals surface area contributed by atoms with Gasteiger partial charge in [0.05, 0.1) is 30.2 Å². The second kappa shape index (κ2) is 6.69. The second-order valence-corrected chi connectivity index (χ2v) is 9.17. The Morgan fingerprint density at radius 1 is 1.20 bits per heavy atom. The number of hydrogen-bond acceptors (Lipinski definition) is 6. The number of rotatable bonds is 3. The first-order valence-corrected chi connectivity index (χ1v) is 10.4. The summed E-state index contributed by atoms with van der Waals surface area (Å²) in [5, 5.41) is 2.94. The molecule has 2 heterocycles. The van der Waals surface area contributed by atoms with E-state index < -0.39 is 15.7 Å². The Bertz CT molecular complexity index is 1110. The zero-order valence-corrected chi connectivity index (χ0v) is 16.3. The summed E-state index contributed by atoms with van der Waals surface area (Å²) in [6, 6.07) is 4.53. The molecule has 0 fully saturated rings. The quantitative estimate of drug-likeness (QED) is 0.661. The van der Waals surface area contributed by atoms with E-state index in [1.54, 1.807) is 6.07 Å². The van der Waals surface area contributed by atoms with Crippen molar-refractivity contribution in [3.63, 3.8) is 0 Å². The summed E-state index contributed by atoms with van der Waals surface area (Å²) >= 11 is 18.8. The Balaban J connectivity index is 1.93. The average molecular weight is 437 g/mol. The molecule has 0 spiro atoms. The van der Waals surface area contributed by atoms with Gasteiger partial charge in [-0.25, -0.2) is 18.4 Å². The van der Waals surface area contributed by atoms with Gasteiger partial charge in [-0.1, -0.05) is 46.1 Å². The van der Waals surface area contributed by atoms with Crippen LogP contribution in [-0.4, -0.2) is 30.5 Å². The van der Waals surface area contributed by atoms with Gasteiger partial charge < -0.3 is 0 Å². The molecule has 1 amide bonds. The molecule has 25 heavy (non-hydrogen) atoms. The highest BCUT2D eigenvalue weighted by molar-refractivity contribution is 7.90. The highest BCUT2D eigenvalue weighted by Gasteiger charge is 2.19. The maximum atomic E-state index is 12.3. The lowest BCUT2D eigenvalue weighted by atomic mass is 10.3. The van der Waals surface area contributed by atoms with E-state index in [1.165, 1.54) is 18.3 Å². The molecule has 1 aromatic carbocycles. The number of sulfone groups is 1. The molecule has 6 nitrogen and oxygen atoms in total. The van der Waals surface area contributed by atoms with Crippen molar-refractivity contribution in [1.29, 1.82) is 0 Å². The summed E-state index contributed by atoms with van der Waals surface area (Å²) in [5.74, 6) is -0.606. The molecule has 0 saturated heterocycles. The molecule has 3 rings (SSSR count). The number of amides is 1. The molecule has 0 aliphatic heterocycles. The van der Waals surface area contributed by atoms with Crippen LogP contribution >= 0.6 is 46.1 Å². The van der Waals surface area contributed by atoms with Crippen molar-refractivity contribution >= 4 is 77.2 Å². The van der Waals surface area contributed by atoms with E-state index in [9.17, 15) is 13.2 Å². The molecule has 0 radical (unpaired) electrons. The van der Waals surface area contributed by atoms with E-state index in [0.29, 0.717) is 10.2 Å². The largest absolute Gasteiger partial charge is 0.296 e. The SMILES string of the molecule is CS(=O)(=O)c1ccc2nc(NC(=O)c3ncc(Cl)c(Cl)c3Cl)sc2c1. The third-order valence-electron chi connectivity index (χ3n) is 3.14. The first-order valence-electron chi connectivity index (χ1n) is 6.58. The number of halogens is 3. The first-order chi connectivity index (χ1) is 11.7. The number of carbonyl (C=O) groups is 1. The van der Waals surface area contributed by atoms with Crippen LogP contribution in [0.4, 0.5) is 5.13 Å². The molecule has 0 bridgehead atoms. The monoisotopic (exact) mass is 435 g/mol. The lowest BCUT2D eigenvalue weighted by molar-refractivity contribution is 0.102. The fourth-order valence-electron chi connectivity index (χ4n) is 1.95. The lowest BCUT2D eigenvalue weighted by Crippen LogP contribution is -2.14. The minimum Gasteiger partial charge on any atom is -0.296 e. The van der Waals surface area contributed by atoms with E-state index in [0.717, 1.165) is 17.6 Å². The molecule has 0 unspecified atom stereocenters. The molecule has 0 aliphatic carbocycles. The van der Waals surface area contributed by atoms with Crippen LogP contribution in [0.15, 0.2) is 29.3 Å².